The van der Waals surface area contributed by atoms with Crippen molar-refractivity contribution in [2.24, 2.45) is 0 Å². The maximum absolute atomic E-state index is 14.3. The van der Waals surface area contributed by atoms with Gasteiger partial charge in [-0.05, 0) is 61.7 Å². The van der Waals surface area contributed by atoms with Crippen molar-refractivity contribution in [2.75, 3.05) is 77.6 Å². The molecule has 2 amide bonds. The molecule has 11 rings (SSSR count). The van der Waals surface area contributed by atoms with Gasteiger partial charge < -0.3 is 121 Å². The number of nitro benzene ring substituents is 1. The molecule has 13 atom stereocenters. The monoisotopic (exact) mass is 1580 g/mol. The molecule has 6 unspecified atom stereocenters. The molecule has 2 aliphatic carbocycles. The van der Waals surface area contributed by atoms with E-state index in [-0.39, 0.29) is 147 Å². The Hall–Kier alpha value is -11.0. The minimum Gasteiger partial charge on any atom is -0.507 e. The molecule has 0 radical (unpaired) electrons. The highest BCUT2D eigenvalue weighted by Crippen LogP contribution is 2.53. The van der Waals surface area contributed by atoms with Crippen molar-refractivity contribution in [3.8, 4) is 23.0 Å². The van der Waals surface area contributed by atoms with E-state index in [1.807, 2.05) is 0 Å². The van der Waals surface area contributed by atoms with Gasteiger partial charge in [0.25, 0.3) is 11.5 Å². The summed E-state index contributed by atoms with van der Waals surface area (Å²) >= 11 is 0. The fraction of sp³-hybridized carbons (Fsp3) is 0.458. The predicted octanol–water partition coefficient (Wildman–Crippen LogP) is -0.563. The van der Waals surface area contributed by atoms with Crippen molar-refractivity contribution < 1.29 is 132 Å². The van der Waals surface area contributed by atoms with E-state index in [0.29, 0.717) is 17.1 Å². The summed E-state index contributed by atoms with van der Waals surface area (Å²) in [4.78, 5) is 133. The standard InChI is InChI=1S/C72H84N12O29/c1-33-58(91)42(25-52(109-33)110-48-27-72(102,50(88)32-86)26-40-54(48)63(96)56-55(60(40)93)59(92)39-5-3-7-46(105-2)53(39)62(56)95)78-71(101)113-47(35-10-14-45(43(23-35)84(103)104)111-69-65(98)64(97)61(94)49(31-85)112-69)24-37-30-83(82-81-37)16-18-107-20-22-108-21-19-106-17-4-6-44(87)41(13-15-51(89)90)77-67(99)34-8-11-36(12-9-34)74-28-38-29-75-66-57(76-38)68(100)80-70(73)79-66/h3,5,7-12,14,23,29-30,33,41-42,47-49,52,58,61,64-65,69,74,81-82,85-86,91,93-94,96-98,102H,4,6,13,15-22,24-28,31-32H2,1-2H3,(H,77,99)(H,78,101)(H,89,90)(H3,73,75,79,80,100)/t33?,41-,42?,47-,48-,49?,52?,58?,61-,64-,65?,69+,72-/m0/s1. The Balaban J connectivity index is 0.676. The molecule has 113 heavy (non-hydrogen) atoms. The molecular weight excluding hydrogens is 1500 g/mol. The molecule has 5 heterocycles. The number of benzene rings is 4. The van der Waals surface area contributed by atoms with E-state index in [1.165, 1.54) is 56.6 Å². The molecule has 0 saturated carbocycles. The van der Waals surface area contributed by atoms with Crippen molar-refractivity contribution in [1.82, 2.24) is 46.5 Å². The van der Waals surface area contributed by atoms with Gasteiger partial charge in [0.05, 0.1) is 118 Å². The summed E-state index contributed by atoms with van der Waals surface area (Å²) in [5.41, 5.74) is 6.82. The molecular formula is C72H84N12O29. The second-order valence-corrected chi connectivity index (χ2v) is 27.0. The van der Waals surface area contributed by atoms with Gasteiger partial charge in [-0.3, -0.25) is 53.7 Å². The van der Waals surface area contributed by atoms with Gasteiger partial charge in [-0.2, -0.15) is 4.98 Å². The van der Waals surface area contributed by atoms with Crippen LogP contribution in [0.5, 0.6) is 23.0 Å². The number of aromatic nitrogens is 4. The highest BCUT2D eigenvalue weighted by Gasteiger charge is 2.51. The molecule has 606 valence electrons. The zero-order valence-electron chi connectivity index (χ0n) is 60.6. The second kappa shape index (κ2) is 36.6. The largest absolute Gasteiger partial charge is 0.507 e. The van der Waals surface area contributed by atoms with Crippen LogP contribution in [0.3, 0.4) is 0 Å². The van der Waals surface area contributed by atoms with Crippen LogP contribution in [-0.4, -0.2) is 255 Å². The number of rotatable bonds is 36. The van der Waals surface area contributed by atoms with Gasteiger partial charge in [-0.1, -0.05) is 18.2 Å². The van der Waals surface area contributed by atoms with Gasteiger partial charge in [0, 0.05) is 91.0 Å². The first-order valence-corrected chi connectivity index (χ1v) is 35.7. The van der Waals surface area contributed by atoms with E-state index in [9.17, 15) is 99.5 Å². The number of amides is 2. The lowest BCUT2D eigenvalue weighted by molar-refractivity contribution is -0.387. The predicted molar refractivity (Wildman–Crippen MR) is 384 cm³/mol. The Morgan fingerprint density at radius 3 is 2.29 bits per heavy atom. The number of aromatic hydroxyl groups is 2. The highest BCUT2D eigenvalue weighted by atomic mass is 16.7. The average molecular weight is 1580 g/mol. The van der Waals surface area contributed by atoms with Crippen molar-refractivity contribution in [3.05, 3.63) is 149 Å². The van der Waals surface area contributed by atoms with Gasteiger partial charge >= 0.3 is 17.7 Å². The summed E-state index contributed by atoms with van der Waals surface area (Å²) in [6.45, 7) is 0.603. The number of nitrogen functional groups attached to an aromatic ring is 1. The molecule has 4 aromatic carbocycles. The number of nitrogens with two attached hydrogens (primary N) is 1. The van der Waals surface area contributed by atoms with E-state index < -0.39 is 191 Å². The number of carbonyl (C=O) groups is 7. The molecule has 41 heteroatoms. The van der Waals surface area contributed by atoms with Crippen molar-refractivity contribution in [1.29, 1.82) is 0 Å². The third-order valence-electron chi connectivity index (χ3n) is 19.4. The van der Waals surface area contributed by atoms with Crippen LogP contribution in [0.15, 0.2) is 83.6 Å². The quantitative estimate of drug-likeness (QED) is 0.0101. The number of aromatic amines is 1. The number of ether oxygens (including phenoxy) is 9. The number of fused-ring (bicyclic) bond motifs is 4. The summed E-state index contributed by atoms with van der Waals surface area (Å²) in [6.07, 6.45) is -17.1. The number of hydrogen-bond acceptors (Lipinski definition) is 36. The highest BCUT2D eigenvalue weighted by molar-refractivity contribution is 6.31. The first kappa shape index (κ1) is 82.9. The number of carboxylic acid groups (broad SMARTS) is 1. The SMILES string of the molecule is COc1cccc2c1C(=O)c1c(O)c3c(c(O)c1C2=O)C[C@@](O)(C(=O)CO)C[C@@H]3OC1CC(NC(=O)O[C@@H](CC2=CN(CCOCCOCCOCCCC(=O)[C@H](CCC(=O)O)NC(=O)c3ccc(NCc4cnc5nc(N)[nH]c(=O)c5n4)cc3)NN2)c2ccc(O[C@@H]3OC(CO)[C@H](O)[C@H](O)C3O)c([N+](=O)[O-])c2)C(O)C(C)O1. The number of carboxylic acids is 1. The molecule has 2 aromatic heterocycles. The number of H-pyrrole nitrogens is 1. The number of phenolic OH excluding ortho intramolecular Hbond substituents is 2. The summed E-state index contributed by atoms with van der Waals surface area (Å²) in [7, 11) is 1.25. The first-order valence-electron chi connectivity index (χ1n) is 35.7. The van der Waals surface area contributed by atoms with Crippen molar-refractivity contribution >= 4 is 69.6 Å². The Labute approximate surface area is 640 Å². The molecule has 41 nitrogen and oxygen atoms in total. The molecule has 3 aliphatic heterocycles. The van der Waals surface area contributed by atoms with E-state index in [1.54, 1.807) is 23.3 Å². The number of aliphatic hydroxyl groups excluding tert-OH is 6. The number of aliphatic hydroxyl groups is 7. The lowest BCUT2D eigenvalue weighted by Crippen LogP contribution is -2.60. The number of methoxy groups -OCH3 is 1. The van der Waals surface area contributed by atoms with Crippen molar-refractivity contribution in [2.45, 2.75) is 144 Å². The summed E-state index contributed by atoms with van der Waals surface area (Å²) in [5.74, 6) is -7.49. The number of carbonyl (C=O) groups excluding carboxylic acids is 6. The number of aliphatic carboxylic acids is 1. The van der Waals surface area contributed by atoms with Gasteiger partial charge in [0.1, 0.15) is 66.1 Å². The maximum atomic E-state index is 14.3. The number of hydrogen-bond donors (Lipinski definition) is 17. The Kier molecular flexibility index (Phi) is 26.9. The number of nitrogens with one attached hydrogen (secondary N) is 6. The van der Waals surface area contributed by atoms with Crippen molar-refractivity contribution in [3.63, 3.8) is 0 Å². The van der Waals surface area contributed by atoms with Crippen LogP contribution in [0, 0.1) is 10.1 Å². The zero-order valence-corrected chi connectivity index (χ0v) is 60.6. The summed E-state index contributed by atoms with van der Waals surface area (Å²) in [5, 5.41) is 131. The molecule has 0 spiro atoms. The second-order valence-electron chi connectivity index (χ2n) is 27.0. The summed E-state index contributed by atoms with van der Waals surface area (Å²) in [6, 6.07) is 11.3. The Bertz CT molecular complexity index is 4650. The number of anilines is 2. The van der Waals surface area contributed by atoms with Crippen LogP contribution in [0.4, 0.5) is 22.1 Å². The average Bonchev–Trinajstić information content (AvgIpc) is 0.824. The van der Waals surface area contributed by atoms with E-state index >= 15 is 0 Å². The number of hydrazine groups is 2. The van der Waals surface area contributed by atoms with Gasteiger partial charge in [-0.15, -0.1) is 5.53 Å². The molecule has 0 bridgehead atoms. The lowest BCUT2D eigenvalue weighted by Gasteiger charge is -2.42. The minimum absolute atomic E-state index is 0.0117. The molecule has 2 fully saturated rings. The number of phenols is 2. The maximum Gasteiger partial charge on any atom is 0.408 e. The van der Waals surface area contributed by atoms with Crippen LogP contribution < -0.4 is 47.7 Å². The first-order chi connectivity index (χ1) is 54.1. The van der Waals surface area contributed by atoms with Crippen LogP contribution in [0.1, 0.15) is 129 Å². The van der Waals surface area contributed by atoms with Gasteiger partial charge in [0.15, 0.2) is 40.6 Å². The topological polar surface area (TPSA) is 609 Å². The molecule has 18 N–H and O–H groups in total. The number of alkyl carbamates (subject to hydrolysis) is 1. The fourth-order valence-corrected chi connectivity index (χ4v) is 13.5. The third-order valence-corrected chi connectivity index (χ3v) is 19.4. The molecule has 5 aliphatic rings. The van der Waals surface area contributed by atoms with Crippen LogP contribution in [-0.2, 0) is 60.5 Å². The van der Waals surface area contributed by atoms with Crippen LogP contribution >= 0.6 is 0 Å². The number of Topliss-reactive ketones (excluding diaryl/α,β-unsaturated/α-hetero) is 2. The van der Waals surface area contributed by atoms with E-state index in [0.717, 1.165) is 12.1 Å². The third kappa shape index (κ3) is 19.2. The van der Waals surface area contributed by atoms with Gasteiger partial charge in [0.2, 0.25) is 18.0 Å². The zero-order chi connectivity index (χ0) is 81.1. The number of nitro groups is 1. The minimum atomic E-state index is -2.52. The Morgan fingerprint density at radius 1 is 0.858 bits per heavy atom. The normalized spacial score (nSPS) is 23.0. The lowest BCUT2D eigenvalue weighted by atomic mass is 9.72. The number of nitrogens with zero attached hydrogens (tertiary/aromatic N) is 5. The van der Waals surface area contributed by atoms with Crippen LogP contribution in [0.2, 0.25) is 0 Å². The van der Waals surface area contributed by atoms with Gasteiger partial charge in [-0.25, -0.2) is 14.8 Å². The fourth-order valence-electron chi connectivity index (χ4n) is 13.5. The summed E-state index contributed by atoms with van der Waals surface area (Å²) < 4.78 is 51.8. The van der Waals surface area contributed by atoms with E-state index in [4.69, 9.17) is 48.4 Å². The Morgan fingerprint density at radius 2 is 1.58 bits per heavy atom. The van der Waals surface area contributed by atoms with E-state index in [2.05, 4.69) is 46.8 Å². The number of ketones is 4. The smallest absolute Gasteiger partial charge is 0.408 e. The van der Waals surface area contributed by atoms with Crippen LogP contribution in [0.25, 0.3) is 11.2 Å². The molecule has 2 saturated heterocycles. The molecule has 6 aromatic rings.